The van der Waals surface area contributed by atoms with E-state index in [-0.39, 0.29) is 18.1 Å². The predicted molar refractivity (Wildman–Crippen MR) is 116 cm³/mol. The van der Waals surface area contributed by atoms with E-state index in [1.54, 1.807) is 13.8 Å². The second kappa shape index (κ2) is 12.4. The van der Waals surface area contributed by atoms with Crippen LogP contribution in [0.4, 0.5) is 0 Å². The highest BCUT2D eigenvalue weighted by Gasteiger charge is 2.31. The summed E-state index contributed by atoms with van der Waals surface area (Å²) in [6, 6.07) is 0.777. The first-order valence-corrected chi connectivity index (χ1v) is 10.2. The number of phenols is 1. The molecule has 0 bridgehead atoms. The van der Waals surface area contributed by atoms with Gasteiger partial charge in [-0.15, -0.1) is 0 Å². The minimum absolute atomic E-state index is 0.00337. The van der Waals surface area contributed by atoms with Crippen molar-refractivity contribution in [3.8, 4) is 5.75 Å². The molecular formula is C21H30N4O8. The fourth-order valence-corrected chi connectivity index (χ4v) is 2.68. The third-order valence-electron chi connectivity index (χ3n) is 4.77. The minimum atomic E-state index is -1.59. The first-order valence-electron chi connectivity index (χ1n) is 10.2. The third kappa shape index (κ3) is 9.15. The smallest absolute Gasteiger partial charge is 0.325 e. The highest BCUT2D eigenvalue weighted by Crippen LogP contribution is 2.12. The molecule has 0 saturated carbocycles. The number of carboxylic acids is 2. The molecule has 0 fully saturated rings. The van der Waals surface area contributed by atoms with Crippen LogP contribution in [0, 0.1) is 5.92 Å². The average molecular weight is 466 g/mol. The monoisotopic (exact) mass is 466 g/mol. The Morgan fingerprint density at radius 2 is 1.36 bits per heavy atom. The second-order valence-electron chi connectivity index (χ2n) is 7.93. The summed E-state index contributed by atoms with van der Waals surface area (Å²) in [4.78, 5) is 60.0. The van der Waals surface area contributed by atoms with Gasteiger partial charge in [-0.1, -0.05) is 26.0 Å². The number of hydrogen-bond donors (Lipinski definition) is 7. The number of nitrogens with two attached hydrogens (primary N) is 1. The number of amides is 3. The van der Waals surface area contributed by atoms with Gasteiger partial charge in [-0.25, -0.2) is 0 Å². The van der Waals surface area contributed by atoms with Crippen molar-refractivity contribution in [1.29, 1.82) is 0 Å². The average Bonchev–Trinajstić information content (AvgIpc) is 2.72. The number of hydrogen-bond acceptors (Lipinski definition) is 7. The number of nitrogens with one attached hydrogen (secondary N) is 3. The second-order valence-corrected chi connectivity index (χ2v) is 7.93. The SMILES string of the molecule is CC(NC(=O)C(CC(=O)O)NC(=O)C(Cc1ccc(O)cc1)NC(=O)C(N)C(C)C)C(=O)O. The normalized spacial score (nSPS) is 14.5. The van der Waals surface area contributed by atoms with Crippen LogP contribution in [0.5, 0.6) is 5.75 Å². The van der Waals surface area contributed by atoms with Crippen molar-refractivity contribution in [2.24, 2.45) is 11.7 Å². The maximum atomic E-state index is 13.0. The van der Waals surface area contributed by atoms with E-state index in [0.29, 0.717) is 5.56 Å². The lowest BCUT2D eigenvalue weighted by Gasteiger charge is -2.25. The zero-order valence-corrected chi connectivity index (χ0v) is 18.6. The Labute approximate surface area is 190 Å². The summed E-state index contributed by atoms with van der Waals surface area (Å²) in [6.07, 6.45) is -0.856. The number of aliphatic carboxylic acids is 2. The van der Waals surface area contributed by atoms with E-state index in [1.165, 1.54) is 31.2 Å². The van der Waals surface area contributed by atoms with Crippen molar-refractivity contribution in [2.45, 2.75) is 57.8 Å². The molecule has 3 amide bonds. The molecule has 0 aromatic heterocycles. The van der Waals surface area contributed by atoms with Gasteiger partial charge >= 0.3 is 11.9 Å². The summed E-state index contributed by atoms with van der Waals surface area (Å²) >= 11 is 0. The molecule has 33 heavy (non-hydrogen) atoms. The van der Waals surface area contributed by atoms with Gasteiger partial charge < -0.3 is 37.0 Å². The largest absolute Gasteiger partial charge is 0.508 e. The number of carboxylic acid groups (broad SMARTS) is 2. The molecule has 0 radical (unpaired) electrons. The van der Waals surface area contributed by atoms with Gasteiger partial charge in [0.2, 0.25) is 17.7 Å². The van der Waals surface area contributed by atoms with Crippen LogP contribution in [0.2, 0.25) is 0 Å². The van der Waals surface area contributed by atoms with Gasteiger partial charge in [-0.2, -0.15) is 0 Å². The van der Waals surface area contributed by atoms with E-state index in [2.05, 4.69) is 16.0 Å². The quantitative estimate of drug-likeness (QED) is 0.200. The summed E-state index contributed by atoms with van der Waals surface area (Å²) in [5, 5.41) is 34.4. The molecule has 0 aliphatic rings. The zero-order chi connectivity index (χ0) is 25.3. The number of rotatable bonds is 12. The standard InChI is InChI=1S/C21H30N4O8/c1-10(2)17(22)20(31)25-14(8-12-4-6-13(26)7-5-12)19(30)24-15(9-16(27)28)18(29)23-11(3)21(32)33/h4-7,10-11,14-15,17,26H,8-9,22H2,1-3H3,(H,23,29)(H,24,30)(H,25,31)(H,27,28)(H,32,33). The van der Waals surface area contributed by atoms with Crippen molar-refractivity contribution in [2.75, 3.05) is 0 Å². The molecule has 12 nitrogen and oxygen atoms in total. The van der Waals surface area contributed by atoms with Gasteiger partial charge in [0.05, 0.1) is 12.5 Å². The summed E-state index contributed by atoms with van der Waals surface area (Å²) in [7, 11) is 0. The Morgan fingerprint density at radius 1 is 0.848 bits per heavy atom. The van der Waals surface area contributed by atoms with E-state index in [1.807, 2.05) is 0 Å². The lowest BCUT2D eigenvalue weighted by molar-refractivity contribution is -0.143. The zero-order valence-electron chi connectivity index (χ0n) is 18.6. The maximum absolute atomic E-state index is 13.0. The molecule has 12 heteroatoms. The van der Waals surface area contributed by atoms with E-state index in [0.717, 1.165) is 0 Å². The Morgan fingerprint density at radius 3 is 1.85 bits per heavy atom. The summed E-state index contributed by atoms with van der Waals surface area (Å²) in [5.41, 5.74) is 6.41. The summed E-state index contributed by atoms with van der Waals surface area (Å²) in [6.45, 7) is 4.62. The van der Waals surface area contributed by atoms with Crippen LogP contribution in [-0.2, 0) is 30.4 Å². The Kier molecular flexibility index (Phi) is 10.3. The molecule has 0 aliphatic heterocycles. The molecule has 0 saturated heterocycles. The lowest BCUT2D eigenvalue weighted by Crippen LogP contribution is -2.58. The third-order valence-corrected chi connectivity index (χ3v) is 4.77. The van der Waals surface area contributed by atoms with Crippen molar-refractivity contribution in [3.63, 3.8) is 0 Å². The molecule has 8 N–H and O–H groups in total. The molecule has 0 spiro atoms. The van der Waals surface area contributed by atoms with E-state index < -0.39 is 60.2 Å². The van der Waals surface area contributed by atoms with Crippen LogP contribution in [0.25, 0.3) is 0 Å². The van der Waals surface area contributed by atoms with Gasteiger partial charge in [0.1, 0.15) is 23.9 Å². The number of benzene rings is 1. The first-order chi connectivity index (χ1) is 15.3. The highest BCUT2D eigenvalue weighted by atomic mass is 16.4. The van der Waals surface area contributed by atoms with Crippen molar-refractivity contribution < 1.29 is 39.3 Å². The Balaban J connectivity index is 3.10. The van der Waals surface area contributed by atoms with Crippen LogP contribution in [0.15, 0.2) is 24.3 Å². The summed E-state index contributed by atoms with van der Waals surface area (Å²) in [5.74, 6) is -5.47. The van der Waals surface area contributed by atoms with Crippen LogP contribution >= 0.6 is 0 Å². The predicted octanol–water partition coefficient (Wildman–Crippen LogP) is -1.05. The molecular weight excluding hydrogens is 436 g/mol. The number of carbonyl (C=O) groups excluding carboxylic acids is 3. The van der Waals surface area contributed by atoms with Gasteiger partial charge in [-0.05, 0) is 30.5 Å². The van der Waals surface area contributed by atoms with Crippen LogP contribution in [-0.4, -0.2) is 69.1 Å². The van der Waals surface area contributed by atoms with E-state index in [9.17, 15) is 29.1 Å². The van der Waals surface area contributed by atoms with Gasteiger partial charge in [0.25, 0.3) is 0 Å². The molecule has 1 aromatic rings. The van der Waals surface area contributed by atoms with Gasteiger partial charge in [0, 0.05) is 6.42 Å². The molecule has 1 rings (SSSR count). The van der Waals surface area contributed by atoms with Crippen LogP contribution in [0.3, 0.4) is 0 Å². The van der Waals surface area contributed by atoms with Crippen molar-refractivity contribution in [1.82, 2.24) is 16.0 Å². The van der Waals surface area contributed by atoms with E-state index in [4.69, 9.17) is 15.9 Å². The fraction of sp³-hybridized carbons (Fsp3) is 0.476. The molecule has 4 atom stereocenters. The number of carbonyl (C=O) groups is 5. The van der Waals surface area contributed by atoms with Crippen molar-refractivity contribution >= 4 is 29.7 Å². The molecule has 0 heterocycles. The maximum Gasteiger partial charge on any atom is 0.325 e. The minimum Gasteiger partial charge on any atom is -0.508 e. The number of phenolic OH excluding ortho intramolecular Hbond substituents is 1. The van der Waals surface area contributed by atoms with Gasteiger partial charge in [-0.3, -0.25) is 24.0 Å². The fourth-order valence-electron chi connectivity index (χ4n) is 2.68. The van der Waals surface area contributed by atoms with Crippen LogP contribution < -0.4 is 21.7 Å². The topological polar surface area (TPSA) is 208 Å². The number of aromatic hydroxyl groups is 1. The molecule has 1 aromatic carbocycles. The molecule has 0 aliphatic carbocycles. The van der Waals surface area contributed by atoms with Gasteiger partial charge in [0.15, 0.2) is 0 Å². The Bertz CT molecular complexity index is 872. The molecule has 4 unspecified atom stereocenters. The first kappa shape index (κ1) is 27.4. The highest BCUT2D eigenvalue weighted by molar-refractivity contribution is 5.95. The van der Waals surface area contributed by atoms with Crippen molar-refractivity contribution in [3.05, 3.63) is 29.8 Å². The Hall–Kier alpha value is -3.67. The molecule has 182 valence electrons. The van der Waals surface area contributed by atoms with Crippen LogP contribution in [0.1, 0.15) is 32.8 Å². The lowest BCUT2D eigenvalue weighted by atomic mass is 10.0. The van der Waals surface area contributed by atoms with E-state index >= 15 is 0 Å². The summed E-state index contributed by atoms with van der Waals surface area (Å²) < 4.78 is 0.